The van der Waals surface area contributed by atoms with Gasteiger partial charge in [0, 0.05) is 0 Å². The van der Waals surface area contributed by atoms with Crippen molar-refractivity contribution in [2.45, 2.75) is 13.3 Å². The molecule has 2 aromatic rings. The number of anilines is 1. The minimum atomic E-state index is -0.158. The smallest absolute Gasteiger partial charge is 0.238 e. The van der Waals surface area contributed by atoms with Gasteiger partial charge in [-0.05, 0) is 72.9 Å². The molecule has 2 amide bonds. The van der Waals surface area contributed by atoms with E-state index in [1.165, 1.54) is 11.3 Å². The minimum absolute atomic E-state index is 0.0210. The molecule has 0 radical (unpaired) electrons. The van der Waals surface area contributed by atoms with Gasteiger partial charge in [0.25, 0.3) is 0 Å². The van der Waals surface area contributed by atoms with E-state index < -0.39 is 0 Å². The number of hydrogen-bond acceptors (Lipinski definition) is 3. The maximum atomic E-state index is 13.2. The third kappa shape index (κ3) is 2.12. The van der Waals surface area contributed by atoms with E-state index in [9.17, 15) is 9.59 Å². The molecule has 7 rings (SSSR count). The van der Waals surface area contributed by atoms with Crippen LogP contribution in [0.4, 0.5) is 5.69 Å². The van der Waals surface area contributed by atoms with Crippen LogP contribution in [0.3, 0.4) is 0 Å². The Morgan fingerprint density at radius 1 is 0.857 bits per heavy atom. The fraction of sp³-hybridized carbons (Fsp3) is 0.333. The topological polar surface area (TPSA) is 46.6 Å². The zero-order chi connectivity index (χ0) is 19.0. The van der Waals surface area contributed by atoms with Gasteiger partial charge in [-0.1, -0.05) is 30.4 Å². The zero-order valence-electron chi connectivity index (χ0n) is 15.6. The number of benzene rings is 2. The van der Waals surface area contributed by atoms with Gasteiger partial charge in [-0.15, -0.1) is 0 Å². The van der Waals surface area contributed by atoms with Crippen LogP contribution in [-0.2, 0) is 9.59 Å². The molecule has 0 unspecified atom stereocenters. The first-order valence-electron chi connectivity index (χ1n) is 10.0. The number of hydrogen-bond donors (Lipinski definition) is 0. The summed E-state index contributed by atoms with van der Waals surface area (Å²) in [5.41, 5.74) is 1.71. The molecule has 2 bridgehead atoms. The fourth-order valence-corrected chi connectivity index (χ4v) is 5.67. The number of rotatable bonds is 3. The van der Waals surface area contributed by atoms with E-state index in [0.717, 1.165) is 11.3 Å². The number of allylic oxidation sites excluding steroid dienone is 2. The molecule has 0 spiro atoms. The average molecular weight is 371 g/mol. The molecule has 1 saturated heterocycles. The molecule has 28 heavy (non-hydrogen) atoms. The largest absolute Gasteiger partial charge is 0.457 e. The van der Waals surface area contributed by atoms with E-state index in [1.807, 2.05) is 55.5 Å². The summed E-state index contributed by atoms with van der Waals surface area (Å²) in [5.74, 6) is 2.89. The first kappa shape index (κ1) is 16.1. The Morgan fingerprint density at radius 3 is 2.07 bits per heavy atom. The van der Waals surface area contributed by atoms with E-state index in [4.69, 9.17) is 4.74 Å². The van der Waals surface area contributed by atoms with Gasteiger partial charge in [-0.25, -0.2) is 0 Å². The molecule has 1 heterocycles. The number of carbonyl (C=O) groups is 2. The van der Waals surface area contributed by atoms with E-state index in [2.05, 4.69) is 12.2 Å². The van der Waals surface area contributed by atoms with Crippen LogP contribution >= 0.6 is 0 Å². The molecule has 2 saturated carbocycles. The van der Waals surface area contributed by atoms with Crippen LogP contribution in [-0.4, -0.2) is 11.8 Å². The Bertz CT molecular complexity index is 988. The second-order valence-electron chi connectivity index (χ2n) is 8.53. The Kier molecular flexibility index (Phi) is 3.20. The number of aryl methyl sites for hydroxylation is 1. The highest BCUT2D eigenvalue weighted by molar-refractivity contribution is 6.22. The lowest BCUT2D eigenvalue weighted by Gasteiger charge is -2.37. The molecule has 4 aliphatic carbocycles. The van der Waals surface area contributed by atoms with Gasteiger partial charge in [0.05, 0.1) is 17.5 Å². The lowest BCUT2D eigenvalue weighted by atomic mass is 9.63. The Hall–Kier alpha value is -2.88. The van der Waals surface area contributed by atoms with Crippen LogP contribution in [0.2, 0.25) is 0 Å². The van der Waals surface area contributed by atoms with Gasteiger partial charge in [0.15, 0.2) is 0 Å². The third-order valence-electron chi connectivity index (χ3n) is 7.08. The van der Waals surface area contributed by atoms with Gasteiger partial charge in [0.1, 0.15) is 11.5 Å². The number of para-hydroxylation sites is 1. The lowest BCUT2D eigenvalue weighted by Crippen LogP contribution is -2.40. The summed E-state index contributed by atoms with van der Waals surface area (Å²) in [6.07, 6.45) is 5.59. The first-order valence-corrected chi connectivity index (χ1v) is 10.0. The number of nitrogens with zero attached hydrogens (tertiary/aromatic N) is 1. The lowest BCUT2D eigenvalue weighted by molar-refractivity contribution is -0.124. The minimum Gasteiger partial charge on any atom is -0.457 e. The van der Waals surface area contributed by atoms with E-state index >= 15 is 0 Å². The number of amides is 2. The standard InChI is InChI=1S/C24H21NO3/c1-13-4-2-3-5-20(13)28-15-8-6-14(7-9-15)25-23(26)21-16-10-11-17(19-12-18(16)19)22(21)24(25)27/h2-11,16-19,21-22H,12H2,1H3/t16-,17-,18-,19-,21-,22+/m1/s1. The van der Waals surface area contributed by atoms with Crippen molar-refractivity contribution in [3.63, 3.8) is 0 Å². The quantitative estimate of drug-likeness (QED) is 0.595. The SMILES string of the molecule is Cc1ccccc1Oc1ccc(N2C(=O)[C@@H]3[C@@H]4C=C[C@H]([C@H]5C[C@H]45)[C@@H]3C2=O)cc1. The van der Waals surface area contributed by atoms with Crippen LogP contribution < -0.4 is 9.64 Å². The number of imide groups is 1. The monoisotopic (exact) mass is 371 g/mol. The highest BCUT2D eigenvalue weighted by atomic mass is 16.5. The second-order valence-corrected chi connectivity index (χ2v) is 8.53. The molecule has 4 heteroatoms. The van der Waals surface area contributed by atoms with Crippen LogP contribution in [0.25, 0.3) is 0 Å². The normalized spacial score (nSPS) is 34.4. The summed E-state index contributed by atoms with van der Waals surface area (Å²) >= 11 is 0. The Balaban J connectivity index is 1.27. The second kappa shape index (κ2) is 5.57. The molecule has 0 N–H and O–H groups in total. The Labute approximate surface area is 163 Å². The van der Waals surface area contributed by atoms with Gasteiger partial charge in [-0.3, -0.25) is 14.5 Å². The zero-order valence-corrected chi connectivity index (χ0v) is 15.6. The summed E-state index contributed by atoms with van der Waals surface area (Å²) in [4.78, 5) is 27.8. The summed E-state index contributed by atoms with van der Waals surface area (Å²) in [6, 6.07) is 15.1. The summed E-state index contributed by atoms with van der Waals surface area (Å²) in [6.45, 7) is 2.00. The molecular weight excluding hydrogens is 350 g/mol. The predicted molar refractivity (Wildman–Crippen MR) is 105 cm³/mol. The van der Waals surface area contributed by atoms with Gasteiger partial charge in [-0.2, -0.15) is 0 Å². The van der Waals surface area contributed by atoms with E-state index in [0.29, 0.717) is 23.3 Å². The van der Waals surface area contributed by atoms with Crippen molar-refractivity contribution < 1.29 is 14.3 Å². The predicted octanol–water partition coefficient (Wildman–Crippen LogP) is 4.34. The van der Waals surface area contributed by atoms with Crippen molar-refractivity contribution in [1.82, 2.24) is 0 Å². The maximum Gasteiger partial charge on any atom is 0.238 e. The average Bonchev–Trinajstić information content (AvgIpc) is 3.49. The number of ether oxygens (including phenoxy) is 1. The molecule has 3 fully saturated rings. The van der Waals surface area contributed by atoms with Crippen LogP contribution in [0.15, 0.2) is 60.7 Å². The molecule has 4 nitrogen and oxygen atoms in total. The van der Waals surface area contributed by atoms with Crippen LogP contribution in [0.5, 0.6) is 11.5 Å². The van der Waals surface area contributed by atoms with Crippen molar-refractivity contribution in [2.24, 2.45) is 35.5 Å². The van der Waals surface area contributed by atoms with Crippen molar-refractivity contribution in [2.75, 3.05) is 4.90 Å². The van der Waals surface area contributed by atoms with Gasteiger partial charge >= 0.3 is 0 Å². The van der Waals surface area contributed by atoms with Crippen molar-refractivity contribution in [3.8, 4) is 11.5 Å². The van der Waals surface area contributed by atoms with Crippen molar-refractivity contribution >= 4 is 17.5 Å². The molecule has 0 aromatic heterocycles. The van der Waals surface area contributed by atoms with Crippen molar-refractivity contribution in [3.05, 3.63) is 66.2 Å². The summed E-state index contributed by atoms with van der Waals surface area (Å²) in [7, 11) is 0. The van der Waals surface area contributed by atoms with E-state index in [-0.39, 0.29) is 35.5 Å². The van der Waals surface area contributed by atoms with Crippen molar-refractivity contribution in [1.29, 1.82) is 0 Å². The van der Waals surface area contributed by atoms with E-state index in [1.54, 1.807) is 0 Å². The fourth-order valence-electron chi connectivity index (χ4n) is 5.67. The molecule has 6 atom stereocenters. The highest BCUT2D eigenvalue weighted by Gasteiger charge is 2.67. The van der Waals surface area contributed by atoms with Crippen LogP contribution in [0, 0.1) is 42.4 Å². The third-order valence-corrected chi connectivity index (χ3v) is 7.08. The Morgan fingerprint density at radius 2 is 1.46 bits per heavy atom. The molecule has 140 valence electrons. The van der Waals surface area contributed by atoms with Crippen LogP contribution in [0.1, 0.15) is 12.0 Å². The molecule has 2 aromatic carbocycles. The molecule has 1 aliphatic heterocycles. The molecule has 5 aliphatic rings. The maximum absolute atomic E-state index is 13.2. The first-order chi connectivity index (χ1) is 13.6. The summed E-state index contributed by atoms with van der Waals surface area (Å²) in [5, 5.41) is 0. The van der Waals surface area contributed by atoms with Gasteiger partial charge < -0.3 is 4.74 Å². The highest BCUT2D eigenvalue weighted by Crippen LogP contribution is 2.65. The number of carbonyl (C=O) groups excluding carboxylic acids is 2. The van der Waals surface area contributed by atoms with Gasteiger partial charge in [0.2, 0.25) is 11.8 Å². The molecular formula is C24H21NO3. The summed E-state index contributed by atoms with van der Waals surface area (Å²) < 4.78 is 5.94.